The first-order valence-corrected chi connectivity index (χ1v) is 19.1. The monoisotopic (exact) mass is 693 g/mol. The normalized spacial score (nSPS) is 13.2. The molecule has 1 aliphatic heterocycles. The van der Waals surface area contributed by atoms with Gasteiger partial charge in [-0.25, -0.2) is 0 Å². The molecular weight excluding hydrogens is 658 g/mol. The molecule has 0 N–H and O–H groups in total. The molecule has 5 aromatic rings. The van der Waals surface area contributed by atoms with E-state index >= 15 is 0 Å². The molecule has 4 aromatic carbocycles. The van der Waals surface area contributed by atoms with Crippen LogP contribution in [0, 0.1) is 0 Å². The number of benzene rings is 4. The summed E-state index contributed by atoms with van der Waals surface area (Å²) in [5.41, 5.74) is 7.05. The van der Waals surface area contributed by atoms with Crippen LogP contribution in [0.3, 0.4) is 0 Å². The van der Waals surface area contributed by atoms with E-state index in [-0.39, 0.29) is 14.5 Å². The molecule has 1 aliphatic rings. The molecule has 6 rings (SSSR count). The average molecular weight is 693 g/mol. The summed E-state index contributed by atoms with van der Waals surface area (Å²) in [5, 5.41) is 0.584. The van der Waals surface area contributed by atoms with Crippen LogP contribution in [-0.4, -0.2) is 27.7 Å². The van der Waals surface area contributed by atoms with E-state index in [0.717, 1.165) is 16.7 Å². The summed E-state index contributed by atoms with van der Waals surface area (Å²) in [7, 11) is -3.35. The number of rotatable bonds is 10. The fourth-order valence-corrected chi connectivity index (χ4v) is 10.2. The second-order valence-electron chi connectivity index (χ2n) is 10.4. The molecule has 0 unspecified atom stereocenters. The Morgan fingerprint density at radius 3 is 1.53 bits per heavy atom. The van der Waals surface area contributed by atoms with E-state index in [0.29, 0.717) is 18.5 Å². The Kier molecular flexibility index (Phi) is 10.3. The standard InChI is InChI=1S/C39H34O3PSSe/c1-3-41-43(40,42-4-2)35-22-20-34(21-23-35)39-28-30(27-38(45-39)33-18-12-7-13-19-33)24-29-25-36(31-14-8-5-9-15-31)44-37(26-29)32-16-10-6-11-17-32/h5-28H,3-4H2,1-2H3/q+1. The van der Waals surface area contributed by atoms with Crippen molar-refractivity contribution in [1.82, 2.24) is 0 Å². The van der Waals surface area contributed by atoms with Crippen molar-refractivity contribution < 1.29 is 13.6 Å². The summed E-state index contributed by atoms with van der Waals surface area (Å²) in [6.45, 7) is 4.31. The fourth-order valence-electron chi connectivity index (χ4n) is 5.11. The van der Waals surface area contributed by atoms with E-state index in [4.69, 9.17) is 9.05 Å². The molecular formula is C39H34O3PSSe+. The Morgan fingerprint density at radius 2 is 1.07 bits per heavy atom. The average Bonchev–Trinajstić information content (AvgIpc) is 3.09. The molecule has 2 heterocycles. The predicted molar refractivity (Wildman–Crippen MR) is 194 cm³/mol. The summed E-state index contributed by atoms with van der Waals surface area (Å²) in [6, 6.07) is 44.3. The van der Waals surface area contributed by atoms with Crippen LogP contribution in [0.25, 0.3) is 35.9 Å². The third-order valence-corrected chi connectivity index (χ3v) is 12.9. The van der Waals surface area contributed by atoms with Crippen molar-refractivity contribution >= 4 is 55.1 Å². The van der Waals surface area contributed by atoms with Crippen LogP contribution < -0.4 is 5.30 Å². The zero-order valence-electron chi connectivity index (χ0n) is 25.3. The van der Waals surface area contributed by atoms with E-state index in [2.05, 4.69) is 121 Å². The molecule has 0 bridgehead atoms. The second kappa shape index (κ2) is 14.7. The van der Waals surface area contributed by atoms with Gasteiger partial charge in [-0.1, -0.05) is 0 Å². The van der Waals surface area contributed by atoms with Gasteiger partial charge in [-0.2, -0.15) is 0 Å². The second-order valence-corrected chi connectivity index (χ2v) is 15.7. The van der Waals surface area contributed by atoms with Crippen LogP contribution in [-0.2, 0) is 13.6 Å². The van der Waals surface area contributed by atoms with E-state index in [9.17, 15) is 4.57 Å². The summed E-state index contributed by atoms with van der Waals surface area (Å²) < 4.78 is 27.1. The van der Waals surface area contributed by atoms with Crippen molar-refractivity contribution in [3.63, 3.8) is 0 Å². The Hall–Kier alpha value is -3.53. The number of allylic oxidation sites excluding steroid dienone is 3. The molecule has 3 nitrogen and oxygen atoms in total. The first-order chi connectivity index (χ1) is 22.0. The van der Waals surface area contributed by atoms with Gasteiger partial charge >= 0.3 is 278 Å². The first-order valence-electron chi connectivity index (χ1n) is 15.0. The minimum atomic E-state index is -3.35. The molecule has 0 saturated heterocycles. The third kappa shape index (κ3) is 7.65. The van der Waals surface area contributed by atoms with Gasteiger partial charge in [0.25, 0.3) is 0 Å². The van der Waals surface area contributed by atoms with E-state index in [1.165, 1.54) is 35.4 Å². The van der Waals surface area contributed by atoms with Crippen molar-refractivity contribution in [2.75, 3.05) is 13.2 Å². The van der Waals surface area contributed by atoms with Crippen LogP contribution in [0.4, 0.5) is 0 Å². The van der Waals surface area contributed by atoms with Gasteiger partial charge < -0.3 is 0 Å². The Balaban J connectivity index is 1.45. The Morgan fingerprint density at radius 1 is 0.622 bits per heavy atom. The number of thioether (sulfide) groups is 1. The molecule has 0 amide bonds. The van der Waals surface area contributed by atoms with Gasteiger partial charge in [0.15, 0.2) is 0 Å². The van der Waals surface area contributed by atoms with Crippen molar-refractivity contribution in [2.45, 2.75) is 13.8 Å². The van der Waals surface area contributed by atoms with Crippen molar-refractivity contribution in [1.29, 1.82) is 0 Å². The molecule has 0 radical (unpaired) electrons. The Labute approximate surface area is 276 Å². The minimum absolute atomic E-state index is 0.0763. The molecule has 6 heteroatoms. The van der Waals surface area contributed by atoms with Gasteiger partial charge in [-0.3, -0.25) is 0 Å². The molecule has 224 valence electrons. The van der Waals surface area contributed by atoms with Crippen LogP contribution in [0.1, 0.15) is 30.5 Å². The van der Waals surface area contributed by atoms with Crippen molar-refractivity contribution in [3.8, 4) is 20.0 Å². The number of hydrogen-bond donors (Lipinski definition) is 0. The van der Waals surface area contributed by atoms with Gasteiger partial charge in [0, 0.05) is 0 Å². The Bertz CT molecular complexity index is 1830. The molecule has 1 aromatic heterocycles. The molecule has 0 spiro atoms. The third-order valence-electron chi connectivity index (χ3n) is 7.21. The van der Waals surface area contributed by atoms with Crippen molar-refractivity contribution in [2.24, 2.45) is 0 Å². The summed E-state index contributed by atoms with van der Waals surface area (Å²) in [6.07, 6.45) is 6.86. The predicted octanol–water partition coefficient (Wildman–Crippen LogP) is 10.5. The van der Waals surface area contributed by atoms with Crippen molar-refractivity contribution in [3.05, 3.63) is 162 Å². The van der Waals surface area contributed by atoms with E-state index in [1.807, 2.05) is 49.9 Å². The molecule has 0 aliphatic carbocycles. The zero-order valence-corrected chi connectivity index (χ0v) is 28.7. The van der Waals surface area contributed by atoms with Gasteiger partial charge in [0.1, 0.15) is 0 Å². The summed E-state index contributed by atoms with van der Waals surface area (Å²) in [4.78, 5) is 2.45. The van der Waals surface area contributed by atoms with E-state index < -0.39 is 7.60 Å². The van der Waals surface area contributed by atoms with Crippen LogP contribution in [0.15, 0.2) is 145 Å². The molecule has 0 saturated carbocycles. The van der Waals surface area contributed by atoms with Gasteiger partial charge in [0.05, 0.1) is 0 Å². The summed E-state index contributed by atoms with van der Waals surface area (Å²) in [5.74, 6) is 0. The SMILES string of the molecule is CCOP(=O)(OCC)c1ccc(-c2cc(C=C3C=C(c4ccccc4)SC(c4ccccc4)=C3)cc(-c3ccccc3)[se+]2)cc1. The topological polar surface area (TPSA) is 35.5 Å². The van der Waals surface area contributed by atoms with Gasteiger partial charge in [-0.15, -0.1) is 0 Å². The maximum atomic E-state index is 13.4. The van der Waals surface area contributed by atoms with Gasteiger partial charge in [0.2, 0.25) is 0 Å². The van der Waals surface area contributed by atoms with Crippen LogP contribution in [0.5, 0.6) is 0 Å². The molecule has 0 fully saturated rings. The van der Waals surface area contributed by atoms with Crippen LogP contribution >= 0.6 is 19.4 Å². The fraction of sp³-hybridized carbons (Fsp3) is 0.103. The molecule has 45 heavy (non-hydrogen) atoms. The van der Waals surface area contributed by atoms with Gasteiger partial charge in [-0.05, 0) is 0 Å². The quantitative estimate of drug-likeness (QED) is 0.108. The van der Waals surface area contributed by atoms with E-state index in [1.54, 1.807) is 0 Å². The first kappa shape index (κ1) is 31.5. The molecule has 0 atom stereocenters. The summed E-state index contributed by atoms with van der Waals surface area (Å²) >= 11 is 1.89. The maximum absolute atomic E-state index is 13.4. The number of hydrogen-bond acceptors (Lipinski definition) is 4. The van der Waals surface area contributed by atoms with Crippen LogP contribution in [0.2, 0.25) is 0 Å². The zero-order chi connectivity index (χ0) is 31.1.